The van der Waals surface area contributed by atoms with Crippen LogP contribution in [-0.4, -0.2) is 23.9 Å². The maximum atomic E-state index is 9.25. The number of hydrogen-bond acceptors (Lipinski definition) is 3. The van der Waals surface area contributed by atoms with E-state index in [2.05, 4.69) is 32.9 Å². The van der Waals surface area contributed by atoms with Gasteiger partial charge in [-0.1, -0.05) is 24.6 Å². The summed E-state index contributed by atoms with van der Waals surface area (Å²) in [5.41, 5.74) is 9.20. The highest BCUT2D eigenvalue weighted by molar-refractivity contribution is 5.42. The number of rotatable bonds is 7. The summed E-state index contributed by atoms with van der Waals surface area (Å²) in [7, 11) is 0. The van der Waals surface area contributed by atoms with E-state index in [0.717, 1.165) is 25.0 Å². The molecule has 0 aromatic heterocycles. The number of ether oxygens (including phenoxy) is 1. The van der Waals surface area contributed by atoms with E-state index in [1.165, 1.54) is 16.7 Å². The molecule has 1 rings (SSSR count). The van der Waals surface area contributed by atoms with Crippen LogP contribution in [0.15, 0.2) is 12.1 Å². The lowest BCUT2D eigenvalue weighted by atomic mass is 9.93. The van der Waals surface area contributed by atoms with E-state index in [4.69, 9.17) is 10.5 Å². The Morgan fingerprint density at radius 2 is 1.79 bits per heavy atom. The molecular formula is C16H27NO2. The molecule has 1 aromatic carbocycles. The predicted octanol–water partition coefficient (Wildman–Crippen LogP) is 2.87. The van der Waals surface area contributed by atoms with Gasteiger partial charge in [-0.25, -0.2) is 0 Å². The molecule has 0 aliphatic heterocycles. The first-order chi connectivity index (χ1) is 8.91. The average molecular weight is 265 g/mol. The zero-order valence-corrected chi connectivity index (χ0v) is 12.6. The molecule has 0 amide bonds. The number of nitrogens with two attached hydrogens (primary N) is 1. The van der Waals surface area contributed by atoms with Crippen LogP contribution in [0.5, 0.6) is 5.75 Å². The third-order valence-corrected chi connectivity index (χ3v) is 3.69. The van der Waals surface area contributed by atoms with Crippen molar-refractivity contribution in [2.75, 3.05) is 13.2 Å². The molecule has 108 valence electrons. The fraction of sp³-hybridized carbons (Fsp3) is 0.625. The summed E-state index contributed by atoms with van der Waals surface area (Å²) < 4.78 is 5.87. The molecule has 3 nitrogen and oxygen atoms in total. The van der Waals surface area contributed by atoms with Crippen molar-refractivity contribution >= 4 is 0 Å². The van der Waals surface area contributed by atoms with Crippen LogP contribution in [-0.2, 0) is 0 Å². The number of hydrogen-bond donors (Lipinski definition) is 2. The van der Waals surface area contributed by atoms with E-state index in [9.17, 15) is 5.11 Å². The Balaban J connectivity index is 2.50. The molecule has 0 spiro atoms. The van der Waals surface area contributed by atoms with Crippen LogP contribution in [0.25, 0.3) is 0 Å². The molecule has 0 aliphatic rings. The Morgan fingerprint density at radius 1 is 1.21 bits per heavy atom. The summed E-state index contributed by atoms with van der Waals surface area (Å²) in [5.74, 6) is 0.980. The van der Waals surface area contributed by atoms with Crippen molar-refractivity contribution in [3.63, 3.8) is 0 Å². The highest BCUT2D eigenvalue weighted by Crippen LogP contribution is 2.25. The third-order valence-electron chi connectivity index (χ3n) is 3.69. The van der Waals surface area contributed by atoms with Crippen molar-refractivity contribution < 1.29 is 9.84 Å². The molecular weight excluding hydrogens is 238 g/mol. The van der Waals surface area contributed by atoms with Crippen LogP contribution >= 0.6 is 0 Å². The van der Waals surface area contributed by atoms with Crippen molar-refractivity contribution in [3.05, 3.63) is 28.8 Å². The molecule has 3 N–H and O–H groups in total. The third kappa shape index (κ3) is 4.51. The molecule has 0 saturated heterocycles. The monoisotopic (exact) mass is 265 g/mol. The van der Waals surface area contributed by atoms with Gasteiger partial charge in [0, 0.05) is 5.54 Å². The lowest BCUT2D eigenvalue weighted by Gasteiger charge is -2.25. The van der Waals surface area contributed by atoms with E-state index >= 15 is 0 Å². The first-order valence-electron chi connectivity index (χ1n) is 7.02. The van der Waals surface area contributed by atoms with Crippen LogP contribution in [0.4, 0.5) is 0 Å². The van der Waals surface area contributed by atoms with Crippen LogP contribution < -0.4 is 10.5 Å². The lowest BCUT2D eigenvalue weighted by molar-refractivity contribution is 0.171. The molecule has 19 heavy (non-hydrogen) atoms. The van der Waals surface area contributed by atoms with Crippen molar-refractivity contribution in [3.8, 4) is 5.75 Å². The number of aryl methyl sites for hydroxylation is 3. The molecule has 1 unspecified atom stereocenters. The maximum absolute atomic E-state index is 9.25. The van der Waals surface area contributed by atoms with Gasteiger partial charge in [0.1, 0.15) is 5.75 Å². The van der Waals surface area contributed by atoms with E-state index in [-0.39, 0.29) is 6.61 Å². The van der Waals surface area contributed by atoms with Crippen molar-refractivity contribution in [1.82, 2.24) is 0 Å². The van der Waals surface area contributed by atoms with Gasteiger partial charge in [0.05, 0.1) is 13.2 Å². The van der Waals surface area contributed by atoms with Gasteiger partial charge in [-0.05, 0) is 51.2 Å². The minimum Gasteiger partial charge on any atom is -0.493 e. The van der Waals surface area contributed by atoms with Crippen LogP contribution in [0, 0.1) is 20.8 Å². The molecule has 3 heteroatoms. The number of aliphatic hydroxyl groups excluding tert-OH is 1. The second-order valence-corrected chi connectivity index (χ2v) is 5.55. The standard InChI is InChI=1S/C16H27NO2/c1-5-16(17,11-18)7-6-8-19-15-13(3)9-12(2)10-14(15)4/h9-10,18H,5-8,11,17H2,1-4H3. The zero-order chi connectivity index (χ0) is 14.5. The summed E-state index contributed by atoms with van der Waals surface area (Å²) in [6.45, 7) is 8.92. The normalized spacial score (nSPS) is 14.2. The lowest BCUT2D eigenvalue weighted by Crippen LogP contribution is -2.43. The van der Waals surface area contributed by atoms with Gasteiger partial charge >= 0.3 is 0 Å². The van der Waals surface area contributed by atoms with E-state index in [1.807, 2.05) is 6.92 Å². The molecule has 1 atom stereocenters. The maximum Gasteiger partial charge on any atom is 0.125 e. The molecule has 0 radical (unpaired) electrons. The van der Waals surface area contributed by atoms with Gasteiger partial charge in [0.2, 0.25) is 0 Å². The largest absolute Gasteiger partial charge is 0.493 e. The van der Waals surface area contributed by atoms with Crippen molar-refractivity contribution in [2.45, 2.75) is 52.5 Å². The molecule has 0 fully saturated rings. The van der Waals surface area contributed by atoms with Gasteiger partial charge in [-0.15, -0.1) is 0 Å². The summed E-state index contributed by atoms with van der Waals surface area (Å²) >= 11 is 0. The van der Waals surface area contributed by atoms with E-state index < -0.39 is 5.54 Å². The van der Waals surface area contributed by atoms with Crippen LogP contribution in [0.1, 0.15) is 42.9 Å². The predicted molar refractivity (Wildman–Crippen MR) is 79.7 cm³/mol. The second-order valence-electron chi connectivity index (χ2n) is 5.55. The summed E-state index contributed by atoms with van der Waals surface area (Å²) in [6.07, 6.45) is 2.42. The molecule has 0 bridgehead atoms. The fourth-order valence-electron chi connectivity index (χ4n) is 2.36. The highest BCUT2D eigenvalue weighted by Gasteiger charge is 2.20. The van der Waals surface area contributed by atoms with Gasteiger partial charge in [-0.3, -0.25) is 0 Å². The summed E-state index contributed by atoms with van der Waals surface area (Å²) in [5, 5.41) is 9.25. The Morgan fingerprint density at radius 3 is 2.26 bits per heavy atom. The van der Waals surface area contributed by atoms with Crippen molar-refractivity contribution in [2.24, 2.45) is 5.73 Å². The molecule has 1 aromatic rings. The second kappa shape index (κ2) is 6.92. The fourth-order valence-corrected chi connectivity index (χ4v) is 2.36. The minimum absolute atomic E-state index is 0.0338. The van der Waals surface area contributed by atoms with Crippen LogP contribution in [0.2, 0.25) is 0 Å². The highest BCUT2D eigenvalue weighted by atomic mass is 16.5. The quantitative estimate of drug-likeness (QED) is 0.745. The number of benzene rings is 1. The SMILES string of the molecule is CCC(N)(CO)CCCOc1c(C)cc(C)cc1C. The first-order valence-corrected chi connectivity index (χ1v) is 7.02. The average Bonchev–Trinajstić information content (AvgIpc) is 2.36. The molecule has 0 aliphatic carbocycles. The Hall–Kier alpha value is -1.06. The van der Waals surface area contributed by atoms with Gasteiger partial charge in [-0.2, -0.15) is 0 Å². The molecule has 0 heterocycles. The summed E-state index contributed by atoms with van der Waals surface area (Å²) in [4.78, 5) is 0. The van der Waals surface area contributed by atoms with Gasteiger partial charge in [0.15, 0.2) is 0 Å². The molecule has 0 saturated carbocycles. The van der Waals surface area contributed by atoms with Gasteiger partial charge < -0.3 is 15.6 Å². The Labute approximate surface area is 116 Å². The Bertz CT molecular complexity index is 388. The van der Waals surface area contributed by atoms with Crippen molar-refractivity contribution in [1.29, 1.82) is 0 Å². The van der Waals surface area contributed by atoms with E-state index in [0.29, 0.717) is 6.61 Å². The smallest absolute Gasteiger partial charge is 0.125 e. The van der Waals surface area contributed by atoms with Gasteiger partial charge in [0.25, 0.3) is 0 Å². The summed E-state index contributed by atoms with van der Waals surface area (Å²) in [6, 6.07) is 4.27. The van der Waals surface area contributed by atoms with Crippen LogP contribution in [0.3, 0.4) is 0 Å². The minimum atomic E-state index is -0.458. The first kappa shape index (κ1) is 16.0. The zero-order valence-electron chi connectivity index (χ0n) is 12.6. The topological polar surface area (TPSA) is 55.5 Å². The van der Waals surface area contributed by atoms with E-state index in [1.54, 1.807) is 0 Å². The Kier molecular flexibility index (Phi) is 5.83. The number of aliphatic hydroxyl groups is 1.